The third-order valence-electron chi connectivity index (χ3n) is 2.00. The maximum atomic E-state index is 9.59. The lowest BCUT2D eigenvalue weighted by atomic mass is 10.1. The summed E-state index contributed by atoms with van der Waals surface area (Å²) in [4.78, 5) is 1.71. The van der Waals surface area contributed by atoms with Gasteiger partial charge in [-0.2, -0.15) is 5.26 Å². The van der Waals surface area contributed by atoms with Crippen molar-refractivity contribution in [2.75, 3.05) is 6.54 Å². The zero-order chi connectivity index (χ0) is 9.14. The smallest absolute Gasteiger partial charge is 0.163 e. The van der Waals surface area contributed by atoms with E-state index in [1.165, 1.54) is 0 Å². The molecule has 0 bridgehead atoms. The quantitative estimate of drug-likeness (QED) is 0.628. The first-order valence-corrected chi connectivity index (χ1v) is 3.93. The zero-order valence-electron chi connectivity index (χ0n) is 7.28. The number of hydrogen-bond acceptors (Lipinski definition) is 3. The number of rotatable bonds is 1. The number of nitrogens with zero attached hydrogens (tertiary/aromatic N) is 2. The Balaban J connectivity index is 2.95. The molecule has 1 aliphatic heterocycles. The molecule has 0 spiro atoms. The molecular formula is C9H12N2O. The van der Waals surface area contributed by atoms with Gasteiger partial charge < -0.3 is 10.0 Å². The van der Waals surface area contributed by atoms with Crippen LogP contribution in [0.5, 0.6) is 0 Å². The Morgan fingerprint density at radius 3 is 2.92 bits per heavy atom. The molecular weight excluding hydrogens is 152 g/mol. The Labute approximate surface area is 72.2 Å². The van der Waals surface area contributed by atoms with Gasteiger partial charge in [-0.05, 0) is 25.5 Å². The third-order valence-corrected chi connectivity index (χ3v) is 2.00. The Morgan fingerprint density at radius 2 is 2.42 bits per heavy atom. The molecule has 1 heterocycles. The number of hydrogen-bond donors (Lipinski definition) is 1. The summed E-state index contributed by atoms with van der Waals surface area (Å²) in [6.07, 6.45) is 2.89. The number of aliphatic hydroxyl groups excluding tert-OH is 1. The summed E-state index contributed by atoms with van der Waals surface area (Å²) in [6.45, 7) is 4.46. The van der Waals surface area contributed by atoms with Crippen molar-refractivity contribution in [2.24, 2.45) is 0 Å². The van der Waals surface area contributed by atoms with Crippen molar-refractivity contribution < 1.29 is 5.11 Å². The molecule has 0 radical (unpaired) electrons. The van der Waals surface area contributed by atoms with Crippen molar-refractivity contribution in [3.8, 4) is 6.07 Å². The summed E-state index contributed by atoms with van der Waals surface area (Å²) >= 11 is 0. The molecule has 1 N–H and O–H groups in total. The van der Waals surface area contributed by atoms with E-state index in [9.17, 15) is 5.11 Å². The lowest BCUT2D eigenvalue weighted by Gasteiger charge is -2.28. The molecule has 1 unspecified atom stereocenters. The summed E-state index contributed by atoms with van der Waals surface area (Å²) in [6, 6.07) is 2.00. The fourth-order valence-corrected chi connectivity index (χ4v) is 1.17. The van der Waals surface area contributed by atoms with Crippen LogP contribution in [-0.2, 0) is 0 Å². The van der Waals surface area contributed by atoms with E-state index in [1.54, 1.807) is 11.1 Å². The molecule has 0 aliphatic carbocycles. The van der Waals surface area contributed by atoms with E-state index >= 15 is 0 Å². The van der Waals surface area contributed by atoms with Crippen molar-refractivity contribution in [1.29, 1.82) is 5.26 Å². The maximum Gasteiger partial charge on any atom is 0.163 e. The molecule has 0 saturated heterocycles. The lowest BCUT2D eigenvalue weighted by molar-refractivity contribution is 0.0739. The van der Waals surface area contributed by atoms with E-state index in [4.69, 9.17) is 5.26 Å². The Hall–Kier alpha value is -1.27. The largest absolute Gasteiger partial charge is 0.369 e. The van der Waals surface area contributed by atoms with Crippen LogP contribution in [0.1, 0.15) is 13.8 Å². The second-order valence-electron chi connectivity index (χ2n) is 2.73. The normalized spacial score (nSPS) is 22.8. The minimum atomic E-state index is -0.759. The van der Waals surface area contributed by atoms with Gasteiger partial charge in [-0.25, -0.2) is 0 Å². The van der Waals surface area contributed by atoms with Crippen LogP contribution in [0.2, 0.25) is 0 Å². The molecule has 0 aromatic carbocycles. The highest BCUT2D eigenvalue weighted by molar-refractivity contribution is 5.38. The average molecular weight is 164 g/mol. The van der Waals surface area contributed by atoms with Crippen LogP contribution in [0.25, 0.3) is 0 Å². The number of aliphatic hydroxyl groups is 1. The molecule has 0 amide bonds. The monoisotopic (exact) mass is 164 g/mol. The van der Waals surface area contributed by atoms with Gasteiger partial charge in [0.25, 0.3) is 0 Å². The van der Waals surface area contributed by atoms with Gasteiger partial charge in [0.1, 0.15) is 0 Å². The average Bonchev–Trinajstić information content (AvgIpc) is 2.06. The summed E-state index contributed by atoms with van der Waals surface area (Å²) in [5, 5.41) is 18.3. The summed E-state index contributed by atoms with van der Waals surface area (Å²) < 4.78 is 0. The fourth-order valence-electron chi connectivity index (χ4n) is 1.17. The molecule has 0 aromatic rings. The van der Waals surface area contributed by atoms with Crippen LogP contribution in [0.3, 0.4) is 0 Å². The van der Waals surface area contributed by atoms with Gasteiger partial charge in [-0.1, -0.05) is 0 Å². The minimum Gasteiger partial charge on any atom is -0.369 e. The molecule has 1 atom stereocenters. The van der Waals surface area contributed by atoms with Gasteiger partial charge in [0.05, 0.1) is 11.6 Å². The Kier molecular flexibility index (Phi) is 2.51. The molecule has 3 heteroatoms. The predicted octanol–water partition coefficient (Wildman–Crippen LogP) is 0.994. The second-order valence-corrected chi connectivity index (χ2v) is 2.73. The molecule has 12 heavy (non-hydrogen) atoms. The van der Waals surface area contributed by atoms with Crippen LogP contribution in [0, 0.1) is 11.3 Å². The van der Waals surface area contributed by atoms with E-state index in [0.29, 0.717) is 12.1 Å². The van der Waals surface area contributed by atoms with Gasteiger partial charge in [-0.3, -0.25) is 0 Å². The maximum absolute atomic E-state index is 9.59. The van der Waals surface area contributed by atoms with Gasteiger partial charge in [-0.15, -0.1) is 0 Å². The number of nitriles is 1. The Morgan fingerprint density at radius 1 is 1.75 bits per heavy atom. The van der Waals surface area contributed by atoms with Crippen molar-refractivity contribution in [3.05, 3.63) is 23.4 Å². The summed E-state index contributed by atoms with van der Waals surface area (Å²) in [5.41, 5.74) is 1.29. The molecule has 3 nitrogen and oxygen atoms in total. The standard InChI is InChI=1S/C9H12N2O/c1-3-11-5-4-7(2)8(6-10)9(11)12/h4-5,9,12H,3H2,1-2H3. The van der Waals surface area contributed by atoms with Gasteiger partial charge in [0.15, 0.2) is 6.23 Å². The van der Waals surface area contributed by atoms with E-state index < -0.39 is 6.23 Å². The van der Waals surface area contributed by atoms with E-state index in [2.05, 4.69) is 0 Å². The predicted molar refractivity (Wildman–Crippen MR) is 45.8 cm³/mol. The SMILES string of the molecule is CCN1C=CC(C)=C(C#N)C1O. The van der Waals surface area contributed by atoms with Crippen molar-refractivity contribution in [1.82, 2.24) is 4.90 Å². The van der Waals surface area contributed by atoms with E-state index in [-0.39, 0.29) is 0 Å². The molecule has 1 rings (SSSR count). The highest BCUT2D eigenvalue weighted by Crippen LogP contribution is 2.18. The van der Waals surface area contributed by atoms with E-state index in [1.807, 2.05) is 26.0 Å². The molecule has 0 saturated carbocycles. The van der Waals surface area contributed by atoms with Gasteiger partial charge >= 0.3 is 0 Å². The molecule has 64 valence electrons. The van der Waals surface area contributed by atoms with Crippen LogP contribution in [0.15, 0.2) is 23.4 Å². The van der Waals surface area contributed by atoms with Gasteiger partial charge in [0.2, 0.25) is 0 Å². The van der Waals surface area contributed by atoms with Crippen LogP contribution >= 0.6 is 0 Å². The lowest BCUT2D eigenvalue weighted by Crippen LogP contribution is -2.34. The van der Waals surface area contributed by atoms with E-state index in [0.717, 1.165) is 5.57 Å². The van der Waals surface area contributed by atoms with Crippen LogP contribution < -0.4 is 0 Å². The second kappa shape index (κ2) is 3.42. The molecule has 1 aliphatic rings. The third kappa shape index (κ3) is 1.34. The van der Waals surface area contributed by atoms with Crippen molar-refractivity contribution in [3.63, 3.8) is 0 Å². The number of allylic oxidation sites excluding steroid dienone is 2. The van der Waals surface area contributed by atoms with Gasteiger partial charge in [0, 0.05) is 12.7 Å². The zero-order valence-corrected chi connectivity index (χ0v) is 7.28. The topological polar surface area (TPSA) is 47.3 Å². The fraction of sp³-hybridized carbons (Fsp3) is 0.444. The van der Waals surface area contributed by atoms with Crippen molar-refractivity contribution in [2.45, 2.75) is 20.1 Å². The highest BCUT2D eigenvalue weighted by Gasteiger charge is 2.20. The first kappa shape index (κ1) is 8.82. The summed E-state index contributed by atoms with van der Waals surface area (Å²) in [7, 11) is 0. The number of likely N-dealkylation sites (N-methyl/N-ethyl adjacent to an activating group) is 1. The molecule has 0 fully saturated rings. The highest BCUT2D eigenvalue weighted by atomic mass is 16.3. The van der Waals surface area contributed by atoms with Crippen LogP contribution in [0.4, 0.5) is 0 Å². The first-order chi connectivity index (χ1) is 5.70. The Bertz CT molecular complexity index is 273. The summed E-state index contributed by atoms with van der Waals surface area (Å²) in [5.74, 6) is 0. The van der Waals surface area contributed by atoms with Crippen LogP contribution in [-0.4, -0.2) is 22.8 Å². The first-order valence-electron chi connectivity index (χ1n) is 3.93. The van der Waals surface area contributed by atoms with Crippen molar-refractivity contribution >= 4 is 0 Å². The minimum absolute atomic E-state index is 0.444. The molecule has 0 aromatic heterocycles.